The minimum absolute atomic E-state index is 0.143. The number of hydrogen-bond acceptors (Lipinski definition) is 7. The van der Waals surface area contributed by atoms with Crippen LogP contribution >= 0.6 is 0 Å². The Balaban J connectivity index is 1.56. The van der Waals surface area contributed by atoms with E-state index in [1.807, 2.05) is 40.9 Å². The van der Waals surface area contributed by atoms with Crippen LogP contribution in [-0.2, 0) is 0 Å². The molecule has 1 unspecified atom stereocenters. The lowest BCUT2D eigenvalue weighted by atomic mass is 10.1. The average molecular weight is 351 g/mol. The normalized spacial score (nSPS) is 17.0. The smallest absolute Gasteiger partial charge is 0.292 e. The van der Waals surface area contributed by atoms with E-state index in [1.54, 1.807) is 11.1 Å². The molecule has 4 heterocycles. The molecule has 1 saturated heterocycles. The Morgan fingerprint density at radius 2 is 2.00 bits per heavy atom. The van der Waals surface area contributed by atoms with Crippen LogP contribution in [0.4, 0.5) is 6.01 Å². The van der Waals surface area contributed by atoms with E-state index in [-0.39, 0.29) is 12.1 Å². The number of pyridine rings is 1. The van der Waals surface area contributed by atoms with Gasteiger partial charge in [0.05, 0.1) is 18.0 Å². The number of anilines is 1. The number of aromatic nitrogens is 3. The quantitative estimate of drug-likeness (QED) is 0.511. The molecule has 8 nitrogen and oxygen atoms in total. The first-order valence-electron chi connectivity index (χ1n) is 8.32. The van der Waals surface area contributed by atoms with Crippen LogP contribution in [0.5, 0.6) is 0 Å². The maximum absolute atomic E-state index is 10.6. The standard InChI is InChI=1S/C18H17N5O3/c19-18-21-13-5-10(1-3-15(13)26-18)11-2-4-16-20-6-14(23(16)7-11)17(25)22-8-12(24)9-22/h1-7,12,17,24-25H,8-9H2,(H2,19,21). The molecule has 0 bridgehead atoms. The maximum Gasteiger partial charge on any atom is 0.292 e. The second-order valence-electron chi connectivity index (χ2n) is 6.55. The SMILES string of the molecule is Nc1nc2cc(-c3ccc4ncc(C(O)N5CC(O)C5)n4c3)ccc2o1. The molecule has 1 atom stereocenters. The monoisotopic (exact) mass is 351 g/mol. The zero-order valence-corrected chi connectivity index (χ0v) is 13.8. The van der Waals surface area contributed by atoms with Gasteiger partial charge in [-0.2, -0.15) is 4.98 Å². The van der Waals surface area contributed by atoms with E-state index in [0.717, 1.165) is 16.8 Å². The largest absolute Gasteiger partial charge is 0.424 e. The molecule has 0 spiro atoms. The van der Waals surface area contributed by atoms with Crippen LogP contribution in [0.15, 0.2) is 47.1 Å². The summed E-state index contributed by atoms with van der Waals surface area (Å²) in [5.74, 6) is 0. The predicted molar refractivity (Wildman–Crippen MR) is 95.1 cm³/mol. The van der Waals surface area contributed by atoms with E-state index in [2.05, 4.69) is 9.97 Å². The fourth-order valence-corrected chi connectivity index (χ4v) is 3.36. The topological polar surface area (TPSA) is 113 Å². The Labute approximate surface area is 148 Å². The molecule has 5 rings (SSSR count). The van der Waals surface area contributed by atoms with Gasteiger partial charge in [-0.15, -0.1) is 0 Å². The summed E-state index contributed by atoms with van der Waals surface area (Å²) in [6.07, 6.45) is 2.42. The lowest BCUT2D eigenvalue weighted by molar-refractivity contribution is -0.103. The van der Waals surface area contributed by atoms with E-state index in [1.165, 1.54) is 0 Å². The Hall–Kier alpha value is -2.94. The zero-order valence-electron chi connectivity index (χ0n) is 13.8. The number of likely N-dealkylation sites (tertiary alicyclic amines) is 1. The van der Waals surface area contributed by atoms with Crippen LogP contribution in [0.2, 0.25) is 0 Å². The van der Waals surface area contributed by atoms with Crippen molar-refractivity contribution in [3.8, 4) is 11.1 Å². The number of benzene rings is 1. The molecule has 0 aliphatic carbocycles. The Morgan fingerprint density at radius 3 is 2.81 bits per heavy atom. The lowest BCUT2D eigenvalue weighted by Crippen LogP contribution is -2.52. The van der Waals surface area contributed by atoms with Gasteiger partial charge < -0.3 is 20.4 Å². The number of nitrogen functional groups attached to an aromatic ring is 1. The van der Waals surface area contributed by atoms with Crippen molar-refractivity contribution < 1.29 is 14.6 Å². The summed E-state index contributed by atoms with van der Waals surface area (Å²) in [6.45, 7) is 0.913. The summed E-state index contributed by atoms with van der Waals surface area (Å²) in [5, 5.41) is 20.0. The van der Waals surface area contributed by atoms with Gasteiger partial charge in [-0.3, -0.25) is 9.30 Å². The van der Waals surface area contributed by atoms with E-state index in [0.29, 0.717) is 29.9 Å². The molecular formula is C18H17N5O3. The van der Waals surface area contributed by atoms with Crippen molar-refractivity contribution in [2.75, 3.05) is 18.8 Å². The predicted octanol–water partition coefficient (Wildman–Crippen LogP) is 1.39. The number of β-amino-alcohol motifs (C(OH)–C–C–N with tert-alkyl or cyclic N) is 1. The highest BCUT2D eigenvalue weighted by Crippen LogP contribution is 2.28. The molecule has 26 heavy (non-hydrogen) atoms. The number of aliphatic hydroxyl groups is 2. The van der Waals surface area contributed by atoms with Crippen molar-refractivity contribution >= 4 is 22.8 Å². The molecule has 1 fully saturated rings. The summed E-state index contributed by atoms with van der Waals surface area (Å²) in [6, 6.07) is 9.70. The summed E-state index contributed by atoms with van der Waals surface area (Å²) in [5.41, 5.74) is 10.3. The van der Waals surface area contributed by atoms with E-state index in [4.69, 9.17) is 10.2 Å². The average Bonchev–Trinajstić information content (AvgIpc) is 3.19. The second-order valence-corrected chi connectivity index (χ2v) is 6.55. The van der Waals surface area contributed by atoms with Gasteiger partial charge >= 0.3 is 0 Å². The first-order chi connectivity index (χ1) is 12.6. The highest BCUT2D eigenvalue weighted by Gasteiger charge is 2.32. The molecule has 1 aliphatic rings. The van der Waals surface area contributed by atoms with Crippen LogP contribution in [0.3, 0.4) is 0 Å². The lowest BCUT2D eigenvalue weighted by Gasteiger charge is -2.38. The zero-order chi connectivity index (χ0) is 17.8. The Morgan fingerprint density at radius 1 is 1.19 bits per heavy atom. The van der Waals surface area contributed by atoms with Gasteiger partial charge in [0.25, 0.3) is 6.01 Å². The Kier molecular flexibility index (Phi) is 3.26. The maximum atomic E-state index is 10.6. The fraction of sp³-hybridized carbons (Fsp3) is 0.222. The van der Waals surface area contributed by atoms with Crippen molar-refractivity contribution in [1.29, 1.82) is 0 Å². The number of aliphatic hydroxyl groups excluding tert-OH is 2. The van der Waals surface area contributed by atoms with Crippen molar-refractivity contribution in [3.63, 3.8) is 0 Å². The third kappa shape index (κ3) is 2.35. The number of nitrogens with zero attached hydrogens (tertiary/aromatic N) is 4. The van der Waals surface area contributed by atoms with Crippen LogP contribution in [0.25, 0.3) is 27.9 Å². The summed E-state index contributed by atoms with van der Waals surface area (Å²) >= 11 is 0. The van der Waals surface area contributed by atoms with E-state index in [9.17, 15) is 10.2 Å². The first-order valence-corrected chi connectivity index (χ1v) is 8.32. The van der Waals surface area contributed by atoms with Gasteiger partial charge in [0.2, 0.25) is 0 Å². The van der Waals surface area contributed by atoms with Gasteiger partial charge in [-0.05, 0) is 35.4 Å². The molecule has 4 N–H and O–H groups in total. The molecule has 1 aliphatic heterocycles. The number of nitrogens with two attached hydrogens (primary N) is 1. The molecule has 132 valence electrons. The molecule has 0 saturated carbocycles. The van der Waals surface area contributed by atoms with Crippen LogP contribution in [0, 0.1) is 0 Å². The Bertz CT molecular complexity index is 1110. The molecule has 8 heteroatoms. The van der Waals surface area contributed by atoms with Crippen molar-refractivity contribution in [1.82, 2.24) is 19.3 Å². The molecule has 0 amide bonds. The number of fused-ring (bicyclic) bond motifs is 2. The third-order valence-electron chi connectivity index (χ3n) is 4.77. The minimum atomic E-state index is -0.804. The van der Waals surface area contributed by atoms with Crippen molar-refractivity contribution in [2.45, 2.75) is 12.3 Å². The molecule has 4 aromatic rings. The van der Waals surface area contributed by atoms with Crippen LogP contribution < -0.4 is 5.73 Å². The number of imidazole rings is 1. The van der Waals surface area contributed by atoms with Gasteiger partial charge in [-0.1, -0.05) is 6.07 Å². The van der Waals surface area contributed by atoms with E-state index >= 15 is 0 Å². The van der Waals surface area contributed by atoms with Crippen LogP contribution in [-0.4, -0.2) is 48.7 Å². The fourth-order valence-electron chi connectivity index (χ4n) is 3.36. The molecule has 0 radical (unpaired) electrons. The summed E-state index contributed by atoms with van der Waals surface area (Å²) in [4.78, 5) is 10.3. The van der Waals surface area contributed by atoms with Crippen LogP contribution in [0.1, 0.15) is 11.9 Å². The van der Waals surface area contributed by atoms with E-state index < -0.39 is 6.23 Å². The van der Waals surface area contributed by atoms with Gasteiger partial charge in [0, 0.05) is 19.3 Å². The van der Waals surface area contributed by atoms with Gasteiger partial charge in [-0.25, -0.2) is 4.98 Å². The second kappa shape index (κ2) is 5.53. The summed E-state index contributed by atoms with van der Waals surface area (Å²) in [7, 11) is 0. The third-order valence-corrected chi connectivity index (χ3v) is 4.77. The molecular weight excluding hydrogens is 334 g/mol. The number of oxazole rings is 1. The van der Waals surface area contributed by atoms with Gasteiger partial charge in [0.1, 0.15) is 11.2 Å². The number of hydrogen-bond donors (Lipinski definition) is 3. The minimum Gasteiger partial charge on any atom is -0.424 e. The molecule has 3 aromatic heterocycles. The van der Waals surface area contributed by atoms with Crippen molar-refractivity contribution in [2.24, 2.45) is 0 Å². The highest BCUT2D eigenvalue weighted by atomic mass is 16.4. The summed E-state index contributed by atoms with van der Waals surface area (Å²) < 4.78 is 7.18. The number of rotatable bonds is 3. The first kappa shape index (κ1) is 15.3. The molecule has 1 aromatic carbocycles. The van der Waals surface area contributed by atoms with Crippen molar-refractivity contribution in [3.05, 3.63) is 48.4 Å². The van der Waals surface area contributed by atoms with Gasteiger partial charge in [0.15, 0.2) is 11.8 Å². The highest BCUT2D eigenvalue weighted by molar-refractivity contribution is 5.81.